The molecular formula is C19H21FN4O4. The molecule has 9 heteroatoms. The van der Waals surface area contributed by atoms with E-state index in [1.54, 1.807) is 6.92 Å². The maximum Gasteiger partial charge on any atom is 0.317 e. The minimum Gasteiger partial charge on any atom is -0.466 e. The number of ether oxygens (including phenoxy) is 1. The molecule has 0 aliphatic carbocycles. The van der Waals surface area contributed by atoms with Gasteiger partial charge >= 0.3 is 12.0 Å². The van der Waals surface area contributed by atoms with E-state index in [1.165, 1.54) is 29.2 Å². The number of benzene rings is 1. The molecule has 28 heavy (non-hydrogen) atoms. The summed E-state index contributed by atoms with van der Waals surface area (Å²) in [4.78, 5) is 44.8. The van der Waals surface area contributed by atoms with Crippen molar-refractivity contribution in [1.82, 2.24) is 20.2 Å². The van der Waals surface area contributed by atoms with Gasteiger partial charge in [-0.05, 0) is 37.6 Å². The standard InChI is InChI=1S/C19H21FN4O4/c1-2-28-16(25)7-9-21-19(27)24-10-8-14-15(11-24)22-17(23-18(14)26)12-3-5-13(20)6-4-12/h3-6H,2,7-11H2,1H3,(H,21,27)(H,22,23,26). The van der Waals surface area contributed by atoms with Crippen LogP contribution < -0.4 is 10.9 Å². The lowest BCUT2D eigenvalue weighted by molar-refractivity contribution is -0.142. The molecule has 0 fully saturated rings. The van der Waals surface area contributed by atoms with Crippen molar-refractivity contribution in [1.29, 1.82) is 0 Å². The number of fused-ring (bicyclic) bond motifs is 1. The first-order valence-electron chi connectivity index (χ1n) is 9.04. The Morgan fingerprint density at radius 1 is 1.32 bits per heavy atom. The lowest BCUT2D eigenvalue weighted by atomic mass is 10.1. The Hall–Kier alpha value is -3.23. The molecule has 1 aromatic carbocycles. The predicted molar refractivity (Wildman–Crippen MR) is 99.0 cm³/mol. The Bertz CT molecular complexity index is 927. The Labute approximate surface area is 160 Å². The fourth-order valence-electron chi connectivity index (χ4n) is 2.97. The molecule has 148 valence electrons. The smallest absolute Gasteiger partial charge is 0.317 e. The van der Waals surface area contributed by atoms with Gasteiger partial charge in [-0.15, -0.1) is 0 Å². The van der Waals surface area contributed by atoms with E-state index < -0.39 is 0 Å². The van der Waals surface area contributed by atoms with Crippen LogP contribution >= 0.6 is 0 Å². The molecule has 0 saturated heterocycles. The number of urea groups is 1. The third kappa shape index (κ3) is 4.54. The number of hydrogen-bond donors (Lipinski definition) is 2. The molecule has 0 unspecified atom stereocenters. The quantitative estimate of drug-likeness (QED) is 0.757. The Kier molecular flexibility index (Phi) is 6.03. The molecule has 1 aromatic heterocycles. The van der Waals surface area contributed by atoms with E-state index in [0.29, 0.717) is 42.2 Å². The Morgan fingerprint density at radius 2 is 2.07 bits per heavy atom. The molecule has 0 bridgehead atoms. The van der Waals surface area contributed by atoms with E-state index in [4.69, 9.17) is 4.74 Å². The van der Waals surface area contributed by atoms with Gasteiger partial charge in [0.05, 0.1) is 25.3 Å². The number of nitrogens with zero attached hydrogens (tertiary/aromatic N) is 2. The first kappa shape index (κ1) is 19.5. The molecule has 1 aliphatic heterocycles. The number of rotatable bonds is 5. The minimum absolute atomic E-state index is 0.0939. The van der Waals surface area contributed by atoms with Gasteiger partial charge in [0.25, 0.3) is 5.56 Å². The van der Waals surface area contributed by atoms with Gasteiger partial charge in [-0.25, -0.2) is 14.2 Å². The molecule has 0 spiro atoms. The number of esters is 1. The monoisotopic (exact) mass is 388 g/mol. The molecule has 0 atom stereocenters. The van der Waals surface area contributed by atoms with E-state index in [-0.39, 0.29) is 42.9 Å². The van der Waals surface area contributed by atoms with Crippen LogP contribution in [0.5, 0.6) is 0 Å². The van der Waals surface area contributed by atoms with E-state index in [1.807, 2.05) is 0 Å². The van der Waals surface area contributed by atoms with Crippen molar-refractivity contribution in [3.8, 4) is 11.4 Å². The van der Waals surface area contributed by atoms with Crippen LogP contribution in [0, 0.1) is 5.82 Å². The normalized spacial score (nSPS) is 13.0. The van der Waals surface area contributed by atoms with Crippen LogP contribution in [0.15, 0.2) is 29.1 Å². The summed E-state index contributed by atoms with van der Waals surface area (Å²) in [5, 5.41) is 2.67. The number of aromatic nitrogens is 2. The lowest BCUT2D eigenvalue weighted by Crippen LogP contribution is -2.45. The molecule has 8 nitrogen and oxygen atoms in total. The zero-order valence-electron chi connectivity index (χ0n) is 15.5. The highest BCUT2D eigenvalue weighted by Crippen LogP contribution is 2.19. The summed E-state index contributed by atoms with van der Waals surface area (Å²) in [5.41, 5.74) is 1.38. The maximum atomic E-state index is 13.1. The van der Waals surface area contributed by atoms with Gasteiger partial charge in [-0.1, -0.05) is 0 Å². The highest BCUT2D eigenvalue weighted by molar-refractivity contribution is 5.76. The van der Waals surface area contributed by atoms with Gasteiger partial charge in [0.15, 0.2) is 0 Å². The molecule has 2 aromatic rings. The van der Waals surface area contributed by atoms with E-state index >= 15 is 0 Å². The number of carbonyl (C=O) groups is 2. The van der Waals surface area contributed by atoms with Crippen LogP contribution in [-0.2, 0) is 22.5 Å². The van der Waals surface area contributed by atoms with E-state index in [0.717, 1.165) is 0 Å². The van der Waals surface area contributed by atoms with Gasteiger partial charge in [0.1, 0.15) is 11.6 Å². The zero-order valence-corrected chi connectivity index (χ0v) is 15.5. The fraction of sp³-hybridized carbons (Fsp3) is 0.368. The van der Waals surface area contributed by atoms with Gasteiger partial charge < -0.3 is 19.9 Å². The van der Waals surface area contributed by atoms with Crippen LogP contribution in [0.1, 0.15) is 24.6 Å². The van der Waals surface area contributed by atoms with Crippen molar-refractivity contribution in [2.24, 2.45) is 0 Å². The van der Waals surface area contributed by atoms with Crippen molar-refractivity contribution in [3.05, 3.63) is 51.7 Å². The summed E-state index contributed by atoms with van der Waals surface area (Å²) in [5.74, 6) is -0.424. The number of amides is 2. The Balaban J connectivity index is 1.69. The summed E-state index contributed by atoms with van der Waals surface area (Å²) >= 11 is 0. The topological polar surface area (TPSA) is 104 Å². The average molecular weight is 388 g/mol. The number of carbonyl (C=O) groups excluding carboxylic acids is 2. The van der Waals surface area contributed by atoms with Crippen LogP contribution in [0.4, 0.5) is 9.18 Å². The number of H-pyrrole nitrogens is 1. The van der Waals surface area contributed by atoms with Crippen LogP contribution in [0.3, 0.4) is 0 Å². The number of halogens is 1. The van der Waals surface area contributed by atoms with E-state index in [2.05, 4.69) is 15.3 Å². The summed E-state index contributed by atoms with van der Waals surface area (Å²) < 4.78 is 17.9. The fourth-order valence-corrected chi connectivity index (χ4v) is 2.97. The van der Waals surface area contributed by atoms with Crippen molar-refractivity contribution < 1.29 is 18.7 Å². The van der Waals surface area contributed by atoms with Crippen molar-refractivity contribution in [3.63, 3.8) is 0 Å². The first-order chi connectivity index (χ1) is 13.5. The molecule has 2 heterocycles. The van der Waals surface area contributed by atoms with Gasteiger partial charge in [0.2, 0.25) is 0 Å². The number of hydrogen-bond acceptors (Lipinski definition) is 5. The second kappa shape index (κ2) is 8.64. The van der Waals surface area contributed by atoms with Crippen molar-refractivity contribution in [2.75, 3.05) is 19.7 Å². The summed E-state index contributed by atoms with van der Waals surface area (Å²) in [6, 6.07) is 5.31. The van der Waals surface area contributed by atoms with Crippen LogP contribution in [-0.4, -0.2) is 46.6 Å². The molecule has 1 aliphatic rings. The average Bonchev–Trinajstić information content (AvgIpc) is 2.68. The minimum atomic E-state index is -0.380. The van der Waals surface area contributed by atoms with Gasteiger partial charge in [-0.2, -0.15) is 0 Å². The Morgan fingerprint density at radius 3 is 2.79 bits per heavy atom. The van der Waals surface area contributed by atoms with Crippen molar-refractivity contribution >= 4 is 12.0 Å². The summed E-state index contributed by atoms with van der Waals surface area (Å²) in [7, 11) is 0. The predicted octanol–water partition coefficient (Wildman–Crippen LogP) is 1.60. The third-order valence-electron chi connectivity index (χ3n) is 4.39. The molecule has 3 rings (SSSR count). The number of nitrogens with one attached hydrogen (secondary N) is 2. The lowest BCUT2D eigenvalue weighted by Gasteiger charge is -2.28. The maximum absolute atomic E-state index is 13.1. The second-order valence-electron chi connectivity index (χ2n) is 6.31. The largest absolute Gasteiger partial charge is 0.466 e. The molecule has 2 N–H and O–H groups in total. The SMILES string of the molecule is CCOC(=O)CCNC(=O)N1CCc2c(nc(-c3ccc(F)cc3)[nH]c2=O)C1. The highest BCUT2D eigenvalue weighted by atomic mass is 19.1. The van der Waals surface area contributed by atoms with Gasteiger partial charge in [0, 0.05) is 24.2 Å². The third-order valence-corrected chi connectivity index (χ3v) is 4.39. The highest BCUT2D eigenvalue weighted by Gasteiger charge is 2.24. The van der Waals surface area contributed by atoms with Crippen molar-refractivity contribution in [2.45, 2.75) is 26.3 Å². The van der Waals surface area contributed by atoms with E-state index in [9.17, 15) is 18.8 Å². The van der Waals surface area contributed by atoms with Crippen LogP contribution in [0.25, 0.3) is 11.4 Å². The number of aromatic amines is 1. The zero-order chi connectivity index (χ0) is 20.1. The summed E-state index contributed by atoms with van der Waals surface area (Å²) in [6.07, 6.45) is 0.475. The molecular weight excluding hydrogens is 367 g/mol. The first-order valence-corrected chi connectivity index (χ1v) is 9.04. The van der Waals surface area contributed by atoms with Crippen LogP contribution in [0.2, 0.25) is 0 Å². The van der Waals surface area contributed by atoms with Gasteiger partial charge in [-0.3, -0.25) is 9.59 Å². The molecule has 0 radical (unpaired) electrons. The second-order valence-corrected chi connectivity index (χ2v) is 6.31. The summed E-state index contributed by atoms with van der Waals surface area (Å²) in [6.45, 7) is 2.74. The molecule has 2 amide bonds. The molecule has 0 saturated carbocycles.